The molecule has 1 saturated heterocycles. The molecule has 2 N–H and O–H groups in total. The highest BCUT2D eigenvalue weighted by Crippen LogP contribution is 2.37. The molecule has 1 aliphatic rings. The number of nitrogens with zero attached hydrogens (tertiary/aromatic N) is 2. The van der Waals surface area contributed by atoms with Crippen molar-refractivity contribution in [3.63, 3.8) is 0 Å². The molecule has 0 bridgehead atoms. The number of benzene rings is 1. The predicted octanol–water partition coefficient (Wildman–Crippen LogP) is 3.33. The lowest BCUT2D eigenvalue weighted by Crippen LogP contribution is -2.43. The van der Waals surface area contributed by atoms with Gasteiger partial charge >= 0.3 is 6.18 Å². The number of piperazine rings is 1. The van der Waals surface area contributed by atoms with Crippen molar-refractivity contribution in [2.24, 2.45) is 0 Å². The number of halogens is 4. The number of alkyl halides is 3. The number of hydrogen-bond donors (Lipinski definition) is 2. The van der Waals surface area contributed by atoms with Crippen LogP contribution in [0.2, 0.25) is 0 Å². The van der Waals surface area contributed by atoms with Gasteiger partial charge in [-0.15, -0.1) is 0 Å². The van der Waals surface area contributed by atoms with Gasteiger partial charge in [-0.25, -0.2) is 4.39 Å². The van der Waals surface area contributed by atoms with E-state index in [2.05, 4.69) is 10.3 Å². The smallest absolute Gasteiger partial charge is 0.421 e. The van der Waals surface area contributed by atoms with E-state index < -0.39 is 29.4 Å². The summed E-state index contributed by atoms with van der Waals surface area (Å²) < 4.78 is 63.9. The van der Waals surface area contributed by atoms with Crippen molar-refractivity contribution in [1.29, 1.82) is 0 Å². The van der Waals surface area contributed by atoms with Gasteiger partial charge < -0.3 is 24.8 Å². The van der Waals surface area contributed by atoms with Crippen molar-refractivity contribution < 1.29 is 36.9 Å². The Balaban J connectivity index is 0.000000785. The molecule has 0 spiro atoms. The van der Waals surface area contributed by atoms with E-state index in [1.54, 1.807) is 0 Å². The van der Waals surface area contributed by atoms with Crippen molar-refractivity contribution in [3.8, 4) is 11.6 Å². The van der Waals surface area contributed by atoms with Crippen LogP contribution in [0.15, 0.2) is 30.3 Å². The Labute approximate surface area is 176 Å². The number of rotatable bonds is 5. The summed E-state index contributed by atoms with van der Waals surface area (Å²) in [5.41, 5.74) is -0.684. The summed E-state index contributed by atoms with van der Waals surface area (Å²) in [4.78, 5) is 15.0. The summed E-state index contributed by atoms with van der Waals surface area (Å²) in [6, 6.07) is 6.05. The van der Waals surface area contributed by atoms with Gasteiger partial charge in [0.2, 0.25) is 5.88 Å². The zero-order chi connectivity index (χ0) is 23.0. The molecular weight excluding hydrogens is 422 g/mol. The number of aliphatic carboxylic acids is 1. The lowest BCUT2D eigenvalue weighted by molar-refractivity contribution is -0.139. The van der Waals surface area contributed by atoms with Gasteiger partial charge in [0, 0.05) is 38.7 Å². The van der Waals surface area contributed by atoms with E-state index in [9.17, 15) is 17.6 Å². The van der Waals surface area contributed by atoms with Crippen LogP contribution < -0.4 is 19.7 Å². The second-order valence-electron chi connectivity index (χ2n) is 6.52. The normalized spacial score (nSPS) is 13.8. The van der Waals surface area contributed by atoms with Crippen LogP contribution >= 0.6 is 0 Å². The molecule has 1 aromatic heterocycles. The largest absolute Gasteiger partial charge is 0.496 e. The maximum atomic E-state index is 13.5. The molecule has 2 aromatic rings. The molecule has 2 heterocycles. The Bertz CT molecular complexity index is 883. The molecule has 3 rings (SSSR count). The van der Waals surface area contributed by atoms with E-state index in [-0.39, 0.29) is 6.61 Å². The highest BCUT2D eigenvalue weighted by atomic mass is 19.4. The summed E-state index contributed by atoms with van der Waals surface area (Å²) in [7, 11) is 1.39. The van der Waals surface area contributed by atoms with Crippen LogP contribution in [0, 0.1) is 5.82 Å². The Hall–Kier alpha value is -3.08. The van der Waals surface area contributed by atoms with Gasteiger partial charge in [0.15, 0.2) is 0 Å². The van der Waals surface area contributed by atoms with Crippen LogP contribution in [-0.4, -0.2) is 49.3 Å². The number of carboxylic acids is 1. The molecule has 31 heavy (non-hydrogen) atoms. The number of carbonyl (C=O) groups is 1. The van der Waals surface area contributed by atoms with E-state index in [4.69, 9.17) is 19.4 Å². The standard InChI is InChI=1S/C18H19F4N3O2.C2H4O2/c1-26-15-4-2-13(19)10-12(15)11-27-17-14(18(20,21)22)3-5-16(24-17)25-8-6-23-7-9-25;1-2(3)4/h2-5,10,23H,6-9,11H2,1H3;1H3,(H,3,4). The van der Waals surface area contributed by atoms with Gasteiger partial charge in [0.25, 0.3) is 5.97 Å². The molecule has 0 atom stereocenters. The third-order valence-electron chi connectivity index (χ3n) is 4.20. The minimum absolute atomic E-state index is 0.292. The molecule has 7 nitrogen and oxygen atoms in total. The van der Waals surface area contributed by atoms with E-state index in [1.807, 2.05) is 4.90 Å². The number of pyridine rings is 1. The minimum Gasteiger partial charge on any atom is -0.496 e. The second-order valence-corrected chi connectivity index (χ2v) is 6.52. The van der Waals surface area contributed by atoms with Gasteiger partial charge in [-0.2, -0.15) is 18.2 Å². The molecular formula is C20H23F4N3O4. The topological polar surface area (TPSA) is 83.9 Å². The summed E-state index contributed by atoms with van der Waals surface area (Å²) in [5, 5.41) is 10.6. The summed E-state index contributed by atoms with van der Waals surface area (Å²) in [6.45, 7) is 3.49. The maximum absolute atomic E-state index is 13.5. The van der Waals surface area contributed by atoms with Gasteiger partial charge in [0.05, 0.1) is 7.11 Å². The lowest BCUT2D eigenvalue weighted by atomic mass is 10.2. The van der Waals surface area contributed by atoms with E-state index >= 15 is 0 Å². The first kappa shape index (κ1) is 24.2. The Morgan fingerprint density at radius 3 is 2.45 bits per heavy atom. The molecule has 0 aliphatic carbocycles. The van der Waals surface area contributed by atoms with E-state index in [0.717, 1.165) is 32.1 Å². The SMILES string of the molecule is CC(=O)O.COc1ccc(F)cc1COc1nc(N2CCNCC2)ccc1C(F)(F)F. The van der Waals surface area contributed by atoms with Gasteiger partial charge in [-0.1, -0.05) is 0 Å². The first-order chi connectivity index (χ1) is 14.6. The molecule has 11 heteroatoms. The van der Waals surface area contributed by atoms with Crippen LogP contribution in [0.25, 0.3) is 0 Å². The second kappa shape index (κ2) is 10.8. The highest BCUT2D eigenvalue weighted by molar-refractivity contribution is 5.63. The summed E-state index contributed by atoms with van der Waals surface area (Å²) >= 11 is 0. The van der Waals surface area contributed by atoms with Gasteiger partial charge in [0.1, 0.15) is 29.6 Å². The van der Waals surface area contributed by atoms with Crippen LogP contribution in [-0.2, 0) is 17.6 Å². The quantitative estimate of drug-likeness (QED) is 0.683. The van der Waals surface area contributed by atoms with Crippen molar-refractivity contribution in [1.82, 2.24) is 10.3 Å². The highest BCUT2D eigenvalue weighted by Gasteiger charge is 2.36. The first-order valence-corrected chi connectivity index (χ1v) is 9.30. The summed E-state index contributed by atoms with van der Waals surface area (Å²) in [5.74, 6) is -1.17. The molecule has 0 saturated carbocycles. The number of carboxylic acid groups (broad SMARTS) is 1. The van der Waals surface area contributed by atoms with Crippen molar-refractivity contribution in [3.05, 3.63) is 47.3 Å². The number of nitrogens with one attached hydrogen (secondary N) is 1. The van der Waals surface area contributed by atoms with E-state index in [1.165, 1.54) is 25.3 Å². The van der Waals surface area contributed by atoms with Crippen LogP contribution in [0.5, 0.6) is 11.6 Å². The molecule has 0 radical (unpaired) electrons. The van der Waals surface area contributed by atoms with Gasteiger partial charge in [-0.3, -0.25) is 4.79 Å². The molecule has 0 unspecified atom stereocenters. The van der Waals surface area contributed by atoms with Crippen LogP contribution in [0.3, 0.4) is 0 Å². The molecule has 170 valence electrons. The third kappa shape index (κ3) is 7.28. The third-order valence-corrected chi connectivity index (χ3v) is 4.20. The fourth-order valence-electron chi connectivity index (χ4n) is 2.83. The average molecular weight is 445 g/mol. The van der Waals surface area contributed by atoms with Crippen LogP contribution in [0.1, 0.15) is 18.1 Å². The number of hydrogen-bond acceptors (Lipinski definition) is 6. The Morgan fingerprint density at radius 1 is 1.23 bits per heavy atom. The number of anilines is 1. The molecule has 1 fully saturated rings. The zero-order valence-electron chi connectivity index (χ0n) is 17.0. The monoisotopic (exact) mass is 445 g/mol. The Kier molecular flexibility index (Phi) is 8.43. The molecule has 0 amide bonds. The van der Waals surface area contributed by atoms with Gasteiger partial charge in [-0.05, 0) is 30.3 Å². The predicted molar refractivity (Wildman–Crippen MR) is 105 cm³/mol. The van der Waals surface area contributed by atoms with Crippen molar-refractivity contribution in [2.75, 3.05) is 38.2 Å². The number of aromatic nitrogens is 1. The Morgan fingerprint density at radius 2 is 1.87 bits per heavy atom. The van der Waals surface area contributed by atoms with Crippen LogP contribution in [0.4, 0.5) is 23.4 Å². The average Bonchev–Trinajstić information content (AvgIpc) is 2.71. The number of methoxy groups -OCH3 is 1. The molecule has 1 aromatic carbocycles. The van der Waals surface area contributed by atoms with E-state index in [0.29, 0.717) is 30.2 Å². The number of ether oxygens (including phenoxy) is 2. The molecule has 1 aliphatic heterocycles. The zero-order valence-corrected chi connectivity index (χ0v) is 17.0. The minimum atomic E-state index is -4.61. The first-order valence-electron chi connectivity index (χ1n) is 9.30. The van der Waals surface area contributed by atoms with Crippen molar-refractivity contribution in [2.45, 2.75) is 19.7 Å². The summed E-state index contributed by atoms with van der Waals surface area (Å²) in [6.07, 6.45) is -4.61. The van der Waals surface area contributed by atoms with Crippen molar-refractivity contribution >= 4 is 11.8 Å². The fourth-order valence-corrected chi connectivity index (χ4v) is 2.83. The lowest BCUT2D eigenvalue weighted by Gasteiger charge is -2.29. The maximum Gasteiger partial charge on any atom is 0.421 e. The fraction of sp³-hybridized carbons (Fsp3) is 0.400.